The van der Waals surface area contributed by atoms with Gasteiger partial charge in [0.25, 0.3) is 5.56 Å². The quantitative estimate of drug-likeness (QED) is 0.321. The number of hydrogen-bond acceptors (Lipinski definition) is 7. The number of ether oxygens (including phenoxy) is 2. The lowest BCUT2D eigenvalue weighted by Gasteiger charge is -2.14. The first-order chi connectivity index (χ1) is 15.9. The number of aromatic nitrogens is 2. The zero-order valence-electron chi connectivity index (χ0n) is 19.4. The molecule has 1 aromatic heterocycles. The van der Waals surface area contributed by atoms with Crippen LogP contribution in [0.15, 0.2) is 46.3 Å². The van der Waals surface area contributed by atoms with Crippen molar-refractivity contribution in [3.05, 3.63) is 80.3 Å². The van der Waals surface area contributed by atoms with Crippen molar-refractivity contribution in [3.8, 4) is 11.5 Å². The van der Waals surface area contributed by atoms with Gasteiger partial charge in [0.15, 0.2) is 11.5 Å². The normalized spacial score (nSPS) is 11.1. The molecule has 0 radical (unpaired) electrons. The second kappa shape index (κ2) is 11.3. The fourth-order valence-electron chi connectivity index (χ4n) is 3.34. The monoisotopic (exact) mass is 450 g/mol. The van der Waals surface area contributed by atoms with Crippen molar-refractivity contribution < 1.29 is 14.6 Å². The molecule has 0 aliphatic heterocycles. The van der Waals surface area contributed by atoms with Gasteiger partial charge in [-0.3, -0.25) is 9.78 Å². The number of aryl methyl sites for hydroxylation is 3. The Morgan fingerprint density at radius 3 is 2.67 bits per heavy atom. The van der Waals surface area contributed by atoms with Crippen LogP contribution in [0.1, 0.15) is 40.4 Å². The predicted molar refractivity (Wildman–Crippen MR) is 129 cm³/mol. The Morgan fingerprint density at radius 1 is 1.12 bits per heavy atom. The number of rotatable bonds is 10. The molecule has 2 aromatic carbocycles. The summed E-state index contributed by atoms with van der Waals surface area (Å²) >= 11 is 0. The molecule has 8 heteroatoms. The average Bonchev–Trinajstić information content (AvgIpc) is 2.78. The Hall–Kier alpha value is -3.65. The van der Waals surface area contributed by atoms with Gasteiger partial charge in [-0.2, -0.15) is 5.10 Å². The van der Waals surface area contributed by atoms with E-state index in [1.807, 2.05) is 25.1 Å². The first-order valence-electron chi connectivity index (χ1n) is 10.9. The molecule has 8 nitrogen and oxygen atoms in total. The fourth-order valence-corrected chi connectivity index (χ4v) is 3.34. The molecule has 0 aliphatic carbocycles. The van der Waals surface area contributed by atoms with E-state index >= 15 is 0 Å². The first-order valence-corrected chi connectivity index (χ1v) is 10.9. The highest BCUT2D eigenvalue weighted by Gasteiger charge is 2.09. The number of nitrogens with zero attached hydrogens (tertiary/aromatic N) is 2. The lowest BCUT2D eigenvalue weighted by Crippen LogP contribution is -2.19. The van der Waals surface area contributed by atoms with Gasteiger partial charge in [-0.15, -0.1) is 0 Å². The summed E-state index contributed by atoms with van der Waals surface area (Å²) in [6, 6.07) is 11.9. The lowest BCUT2D eigenvalue weighted by molar-refractivity contribution is 0.269. The van der Waals surface area contributed by atoms with Gasteiger partial charge in [0.1, 0.15) is 6.61 Å². The highest BCUT2D eigenvalue weighted by molar-refractivity contribution is 5.81. The van der Waals surface area contributed by atoms with Gasteiger partial charge in [0.05, 0.1) is 18.5 Å². The largest absolute Gasteiger partial charge is 0.490 e. The summed E-state index contributed by atoms with van der Waals surface area (Å²) in [6.45, 7) is 8.62. The number of anilines is 1. The summed E-state index contributed by atoms with van der Waals surface area (Å²) in [7, 11) is 0. The molecule has 3 aromatic rings. The van der Waals surface area contributed by atoms with E-state index in [0.717, 1.165) is 11.1 Å². The van der Waals surface area contributed by atoms with Crippen molar-refractivity contribution in [2.24, 2.45) is 5.10 Å². The minimum Gasteiger partial charge on any atom is -0.490 e. The molecular weight excluding hydrogens is 420 g/mol. The molecule has 0 saturated heterocycles. The number of H-pyrrole nitrogens is 1. The third-order valence-electron chi connectivity index (χ3n) is 5.12. The second-order valence-corrected chi connectivity index (χ2v) is 7.68. The van der Waals surface area contributed by atoms with Gasteiger partial charge in [-0.1, -0.05) is 23.8 Å². The van der Waals surface area contributed by atoms with Crippen LogP contribution in [0.5, 0.6) is 11.5 Å². The van der Waals surface area contributed by atoms with Crippen LogP contribution in [-0.4, -0.2) is 34.5 Å². The van der Waals surface area contributed by atoms with Crippen LogP contribution >= 0.6 is 0 Å². The zero-order valence-corrected chi connectivity index (χ0v) is 19.4. The maximum Gasteiger partial charge on any atom is 0.255 e. The molecule has 0 bridgehead atoms. The number of hydrazone groups is 1. The molecule has 3 N–H and O–H groups in total. The minimum atomic E-state index is -0.293. The average molecular weight is 451 g/mol. The number of aliphatic hydroxyl groups excluding tert-OH is 1. The molecule has 0 saturated carbocycles. The molecule has 0 fully saturated rings. The van der Waals surface area contributed by atoms with E-state index in [-0.39, 0.29) is 24.5 Å². The Balaban J connectivity index is 1.71. The molecule has 3 rings (SSSR count). The van der Waals surface area contributed by atoms with E-state index in [9.17, 15) is 4.79 Å². The zero-order chi connectivity index (χ0) is 23.8. The van der Waals surface area contributed by atoms with Crippen molar-refractivity contribution in [2.45, 2.75) is 40.7 Å². The van der Waals surface area contributed by atoms with Crippen molar-refractivity contribution >= 4 is 12.2 Å². The third kappa shape index (κ3) is 6.43. The minimum absolute atomic E-state index is 0.108. The summed E-state index contributed by atoms with van der Waals surface area (Å²) in [6.07, 6.45) is 1.86. The maximum atomic E-state index is 12.1. The topological polar surface area (TPSA) is 109 Å². The second-order valence-electron chi connectivity index (χ2n) is 7.68. The van der Waals surface area contributed by atoms with Gasteiger partial charge in [-0.25, -0.2) is 10.4 Å². The summed E-state index contributed by atoms with van der Waals surface area (Å²) in [4.78, 5) is 19.0. The Labute approximate surface area is 193 Å². The van der Waals surface area contributed by atoms with Gasteiger partial charge in [0, 0.05) is 18.6 Å². The predicted octanol–water partition coefficient (Wildman–Crippen LogP) is 3.65. The molecule has 0 amide bonds. The standard InChI is InChI=1S/C25H30N4O4/c1-5-32-23-13-19(8-9-22(23)33-15-20-12-16(2)6-7-17(20)3)14-26-29-25-27-18(4)21(10-11-30)24(31)28-25/h6-9,12-14,30H,5,10-11,15H2,1-4H3,(H2,27,28,29,31)/b26-14-. The van der Waals surface area contributed by atoms with Crippen LogP contribution in [0, 0.1) is 20.8 Å². The van der Waals surface area contributed by atoms with Crippen LogP contribution < -0.4 is 20.5 Å². The first kappa shape index (κ1) is 24.0. The van der Waals surface area contributed by atoms with E-state index in [0.29, 0.717) is 36.0 Å². The maximum absolute atomic E-state index is 12.1. The molecule has 0 unspecified atom stereocenters. The number of hydrogen-bond donors (Lipinski definition) is 3. The number of aromatic amines is 1. The van der Waals surface area contributed by atoms with E-state index in [4.69, 9.17) is 14.6 Å². The Kier molecular flexibility index (Phi) is 8.21. The van der Waals surface area contributed by atoms with Crippen molar-refractivity contribution in [2.75, 3.05) is 18.6 Å². The summed E-state index contributed by atoms with van der Waals surface area (Å²) < 4.78 is 11.8. The van der Waals surface area contributed by atoms with E-state index in [1.165, 1.54) is 11.1 Å². The highest BCUT2D eigenvalue weighted by Crippen LogP contribution is 2.29. The smallest absolute Gasteiger partial charge is 0.255 e. The molecular formula is C25H30N4O4. The van der Waals surface area contributed by atoms with E-state index in [2.05, 4.69) is 52.5 Å². The number of benzene rings is 2. The highest BCUT2D eigenvalue weighted by atomic mass is 16.5. The molecule has 0 aliphatic rings. The van der Waals surface area contributed by atoms with Crippen LogP contribution in [0.2, 0.25) is 0 Å². The Morgan fingerprint density at radius 2 is 1.94 bits per heavy atom. The van der Waals surface area contributed by atoms with Crippen LogP contribution in [0.25, 0.3) is 0 Å². The van der Waals surface area contributed by atoms with Gasteiger partial charge < -0.3 is 14.6 Å². The van der Waals surface area contributed by atoms with E-state index < -0.39 is 0 Å². The molecule has 0 spiro atoms. The number of aliphatic hydroxyl groups is 1. The molecule has 174 valence electrons. The molecule has 0 atom stereocenters. The number of nitrogens with one attached hydrogen (secondary N) is 2. The summed E-state index contributed by atoms with van der Waals surface area (Å²) in [5.41, 5.74) is 7.75. The third-order valence-corrected chi connectivity index (χ3v) is 5.12. The van der Waals surface area contributed by atoms with Crippen LogP contribution in [-0.2, 0) is 13.0 Å². The SMILES string of the molecule is CCOc1cc(/C=N\Nc2nc(C)c(CCO)c(=O)[nH]2)ccc1OCc1cc(C)ccc1C. The van der Waals surface area contributed by atoms with Crippen molar-refractivity contribution in [1.82, 2.24) is 9.97 Å². The molecule has 1 heterocycles. The van der Waals surface area contributed by atoms with Crippen molar-refractivity contribution in [1.29, 1.82) is 0 Å². The van der Waals surface area contributed by atoms with Crippen molar-refractivity contribution in [3.63, 3.8) is 0 Å². The van der Waals surface area contributed by atoms with Gasteiger partial charge >= 0.3 is 0 Å². The summed E-state index contributed by atoms with van der Waals surface area (Å²) in [5.74, 6) is 1.51. The van der Waals surface area contributed by atoms with E-state index in [1.54, 1.807) is 13.1 Å². The molecule has 33 heavy (non-hydrogen) atoms. The Bertz CT molecular complexity index is 1190. The van der Waals surface area contributed by atoms with Crippen LogP contribution in [0.3, 0.4) is 0 Å². The van der Waals surface area contributed by atoms with Crippen LogP contribution in [0.4, 0.5) is 5.95 Å². The fraction of sp³-hybridized carbons (Fsp3) is 0.320. The van der Waals surface area contributed by atoms with Gasteiger partial charge in [-0.05, 0) is 62.6 Å². The summed E-state index contributed by atoms with van der Waals surface area (Å²) in [5, 5.41) is 13.2. The van der Waals surface area contributed by atoms with Gasteiger partial charge in [0.2, 0.25) is 5.95 Å². The lowest BCUT2D eigenvalue weighted by atomic mass is 10.1.